The van der Waals surface area contributed by atoms with Crippen LogP contribution in [0.25, 0.3) is 10.8 Å². The molecule has 2 rings (SSSR count). The molecule has 88 valence electrons. The molecule has 0 radical (unpaired) electrons. The van der Waals surface area contributed by atoms with Crippen molar-refractivity contribution in [2.75, 3.05) is 7.11 Å². The summed E-state index contributed by atoms with van der Waals surface area (Å²) in [7, 11) is 1.31. The van der Waals surface area contributed by atoms with Crippen molar-refractivity contribution < 1.29 is 9.53 Å². The van der Waals surface area contributed by atoms with E-state index in [-0.39, 0.29) is 5.56 Å². The standard InChI is InChI=1S/C13H13NO3/c1-9(13(16)17-2)14-8-7-10-5-3-4-6-11(10)12(14)15/h3-9H,1-2H3. The van der Waals surface area contributed by atoms with E-state index in [0.29, 0.717) is 5.39 Å². The van der Waals surface area contributed by atoms with E-state index in [0.717, 1.165) is 5.39 Å². The molecule has 0 saturated heterocycles. The Balaban J connectivity index is 2.61. The van der Waals surface area contributed by atoms with Gasteiger partial charge >= 0.3 is 5.97 Å². The third kappa shape index (κ3) is 1.93. The van der Waals surface area contributed by atoms with Crippen molar-refractivity contribution in [3.05, 3.63) is 46.9 Å². The molecule has 0 aliphatic heterocycles. The van der Waals surface area contributed by atoms with Gasteiger partial charge in [0.15, 0.2) is 0 Å². The molecule has 0 aliphatic rings. The molecular weight excluding hydrogens is 218 g/mol. The van der Waals surface area contributed by atoms with Crippen LogP contribution >= 0.6 is 0 Å². The summed E-state index contributed by atoms with van der Waals surface area (Å²) in [6.07, 6.45) is 1.62. The molecule has 4 nitrogen and oxygen atoms in total. The van der Waals surface area contributed by atoms with Crippen molar-refractivity contribution in [1.82, 2.24) is 4.57 Å². The minimum atomic E-state index is -0.614. The fourth-order valence-corrected chi connectivity index (χ4v) is 1.79. The van der Waals surface area contributed by atoms with Crippen molar-refractivity contribution >= 4 is 16.7 Å². The maximum absolute atomic E-state index is 12.1. The average molecular weight is 231 g/mol. The molecule has 0 aliphatic carbocycles. The zero-order valence-electron chi connectivity index (χ0n) is 9.71. The van der Waals surface area contributed by atoms with Crippen LogP contribution in [0, 0.1) is 0 Å². The van der Waals surface area contributed by atoms with Gasteiger partial charge in [-0.3, -0.25) is 4.79 Å². The number of pyridine rings is 1. The fourth-order valence-electron chi connectivity index (χ4n) is 1.79. The van der Waals surface area contributed by atoms with Crippen LogP contribution < -0.4 is 5.56 Å². The van der Waals surface area contributed by atoms with Gasteiger partial charge in [0.05, 0.1) is 7.11 Å². The van der Waals surface area contributed by atoms with Gasteiger partial charge in [-0.15, -0.1) is 0 Å². The minimum absolute atomic E-state index is 0.180. The first-order valence-electron chi connectivity index (χ1n) is 5.33. The molecule has 1 heterocycles. The second-order valence-electron chi connectivity index (χ2n) is 3.81. The van der Waals surface area contributed by atoms with Gasteiger partial charge in [0.1, 0.15) is 6.04 Å². The van der Waals surface area contributed by atoms with E-state index in [2.05, 4.69) is 4.74 Å². The Hall–Kier alpha value is -2.10. The van der Waals surface area contributed by atoms with E-state index in [1.54, 1.807) is 25.3 Å². The monoisotopic (exact) mass is 231 g/mol. The molecule has 4 heteroatoms. The molecule has 1 aromatic heterocycles. The first-order valence-corrected chi connectivity index (χ1v) is 5.33. The van der Waals surface area contributed by atoms with Gasteiger partial charge in [-0.2, -0.15) is 0 Å². The van der Waals surface area contributed by atoms with Gasteiger partial charge < -0.3 is 9.30 Å². The second-order valence-corrected chi connectivity index (χ2v) is 3.81. The Morgan fingerprint density at radius 2 is 2.00 bits per heavy atom. The maximum atomic E-state index is 12.1. The third-order valence-electron chi connectivity index (χ3n) is 2.80. The first kappa shape index (κ1) is 11.4. The summed E-state index contributed by atoms with van der Waals surface area (Å²) in [6.45, 7) is 1.64. The highest BCUT2D eigenvalue weighted by Crippen LogP contribution is 2.11. The lowest BCUT2D eigenvalue weighted by atomic mass is 10.1. The number of benzene rings is 1. The molecule has 0 bridgehead atoms. The Kier molecular flexibility index (Phi) is 2.95. The number of carbonyl (C=O) groups is 1. The summed E-state index contributed by atoms with van der Waals surface area (Å²) in [5.74, 6) is -0.428. The Labute approximate surface area is 98.4 Å². The quantitative estimate of drug-likeness (QED) is 0.739. The molecule has 0 spiro atoms. The van der Waals surface area contributed by atoms with Crippen LogP contribution in [0.2, 0.25) is 0 Å². The van der Waals surface area contributed by atoms with Gasteiger partial charge in [-0.1, -0.05) is 18.2 Å². The highest BCUT2D eigenvalue weighted by atomic mass is 16.5. The molecule has 17 heavy (non-hydrogen) atoms. The molecule has 1 atom stereocenters. The zero-order chi connectivity index (χ0) is 12.4. The lowest BCUT2D eigenvalue weighted by Crippen LogP contribution is -2.28. The number of esters is 1. The second kappa shape index (κ2) is 4.41. The maximum Gasteiger partial charge on any atom is 0.328 e. The number of nitrogens with zero attached hydrogens (tertiary/aromatic N) is 1. The van der Waals surface area contributed by atoms with E-state index in [4.69, 9.17) is 0 Å². The predicted octanol–water partition coefficient (Wildman–Crippen LogP) is 1.74. The Morgan fingerprint density at radius 3 is 2.71 bits per heavy atom. The number of hydrogen-bond acceptors (Lipinski definition) is 3. The highest BCUT2D eigenvalue weighted by Gasteiger charge is 2.16. The first-order chi connectivity index (χ1) is 8.15. The van der Waals surface area contributed by atoms with E-state index >= 15 is 0 Å². The Bertz CT molecular complexity index is 615. The van der Waals surface area contributed by atoms with Crippen LogP contribution in [0.4, 0.5) is 0 Å². The van der Waals surface area contributed by atoms with E-state index in [1.165, 1.54) is 11.7 Å². The number of aromatic nitrogens is 1. The number of rotatable bonds is 2. The van der Waals surface area contributed by atoms with Crippen LogP contribution in [0.1, 0.15) is 13.0 Å². The van der Waals surface area contributed by atoms with Crippen molar-refractivity contribution in [3.8, 4) is 0 Å². The lowest BCUT2D eigenvalue weighted by Gasteiger charge is -2.13. The fraction of sp³-hybridized carbons (Fsp3) is 0.231. The molecule has 0 N–H and O–H groups in total. The summed E-state index contributed by atoms with van der Waals surface area (Å²) in [4.78, 5) is 23.6. The molecule has 1 aromatic carbocycles. The number of methoxy groups -OCH3 is 1. The number of ether oxygens (including phenoxy) is 1. The van der Waals surface area contributed by atoms with E-state index in [1.807, 2.05) is 18.2 Å². The van der Waals surface area contributed by atoms with Crippen molar-refractivity contribution in [1.29, 1.82) is 0 Å². The van der Waals surface area contributed by atoms with Crippen LogP contribution in [0.15, 0.2) is 41.3 Å². The lowest BCUT2D eigenvalue weighted by molar-refractivity contribution is -0.144. The summed E-state index contributed by atoms with van der Waals surface area (Å²) in [5, 5.41) is 1.47. The largest absolute Gasteiger partial charge is 0.467 e. The zero-order valence-corrected chi connectivity index (χ0v) is 9.71. The predicted molar refractivity (Wildman–Crippen MR) is 64.9 cm³/mol. The van der Waals surface area contributed by atoms with E-state index in [9.17, 15) is 9.59 Å². The number of hydrogen-bond donors (Lipinski definition) is 0. The van der Waals surface area contributed by atoms with Crippen LogP contribution in [-0.4, -0.2) is 17.6 Å². The van der Waals surface area contributed by atoms with Crippen LogP contribution in [0.3, 0.4) is 0 Å². The average Bonchev–Trinajstić information content (AvgIpc) is 2.38. The summed E-state index contributed by atoms with van der Waals surface area (Å²) in [5.41, 5.74) is -0.180. The van der Waals surface area contributed by atoms with Crippen molar-refractivity contribution in [2.45, 2.75) is 13.0 Å². The number of carbonyl (C=O) groups excluding carboxylic acids is 1. The van der Waals surface area contributed by atoms with Crippen molar-refractivity contribution in [3.63, 3.8) is 0 Å². The number of fused-ring (bicyclic) bond motifs is 1. The van der Waals surface area contributed by atoms with Gasteiger partial charge in [0.25, 0.3) is 5.56 Å². The molecular formula is C13H13NO3. The summed E-state index contributed by atoms with van der Waals surface area (Å²) < 4.78 is 6.02. The highest BCUT2D eigenvalue weighted by molar-refractivity contribution is 5.82. The summed E-state index contributed by atoms with van der Waals surface area (Å²) >= 11 is 0. The van der Waals surface area contributed by atoms with E-state index < -0.39 is 12.0 Å². The molecule has 0 amide bonds. The smallest absolute Gasteiger partial charge is 0.328 e. The van der Waals surface area contributed by atoms with Crippen LogP contribution in [-0.2, 0) is 9.53 Å². The van der Waals surface area contributed by atoms with Crippen molar-refractivity contribution in [2.24, 2.45) is 0 Å². The minimum Gasteiger partial charge on any atom is -0.467 e. The Morgan fingerprint density at radius 1 is 1.29 bits per heavy atom. The molecule has 0 saturated carbocycles. The van der Waals surface area contributed by atoms with Gasteiger partial charge in [0, 0.05) is 11.6 Å². The summed E-state index contributed by atoms with van der Waals surface area (Å²) in [6, 6.07) is 8.49. The molecule has 1 unspecified atom stereocenters. The normalized spacial score (nSPS) is 12.4. The van der Waals surface area contributed by atoms with Gasteiger partial charge in [-0.25, -0.2) is 4.79 Å². The SMILES string of the molecule is COC(=O)C(C)n1ccc2ccccc2c1=O. The third-order valence-corrected chi connectivity index (χ3v) is 2.80. The van der Waals surface area contributed by atoms with Gasteiger partial charge in [0.2, 0.25) is 0 Å². The van der Waals surface area contributed by atoms with Gasteiger partial charge in [-0.05, 0) is 24.4 Å². The molecule has 0 fully saturated rings. The van der Waals surface area contributed by atoms with Crippen LogP contribution in [0.5, 0.6) is 0 Å². The molecule has 2 aromatic rings. The topological polar surface area (TPSA) is 48.3 Å².